The zero-order valence-corrected chi connectivity index (χ0v) is 13.8. The van der Waals surface area contributed by atoms with Crippen molar-refractivity contribution < 1.29 is 17.9 Å². The highest BCUT2D eigenvalue weighted by atomic mass is 35.5. The van der Waals surface area contributed by atoms with Gasteiger partial charge < -0.3 is 4.74 Å². The van der Waals surface area contributed by atoms with E-state index in [4.69, 9.17) is 16.3 Å². The second-order valence-electron chi connectivity index (χ2n) is 5.11. The van der Waals surface area contributed by atoms with Crippen LogP contribution in [-0.2, 0) is 19.4 Å². The molecule has 0 N–H and O–H groups in total. The van der Waals surface area contributed by atoms with E-state index < -0.39 is 32.4 Å². The average Bonchev–Trinajstić information content (AvgIpc) is 3.19. The minimum atomic E-state index is -3.58. The Morgan fingerprint density at radius 2 is 2.14 bits per heavy atom. The number of esters is 1. The maximum Gasteiger partial charge on any atom is 0.328 e. The molecule has 1 fully saturated rings. The van der Waals surface area contributed by atoms with E-state index in [-0.39, 0.29) is 12.4 Å². The first kappa shape index (κ1) is 16.8. The highest BCUT2D eigenvalue weighted by Crippen LogP contribution is 2.63. The van der Waals surface area contributed by atoms with Crippen molar-refractivity contribution in [3.63, 3.8) is 0 Å². The molecule has 0 bridgehead atoms. The van der Waals surface area contributed by atoms with Gasteiger partial charge in [-0.05, 0) is 24.6 Å². The molecule has 2 rings (SSSR count). The summed E-state index contributed by atoms with van der Waals surface area (Å²) in [7, 11) is -3.58. The van der Waals surface area contributed by atoms with E-state index >= 15 is 0 Å². The summed E-state index contributed by atoms with van der Waals surface area (Å²) in [6.07, 6.45) is 0. The van der Waals surface area contributed by atoms with Gasteiger partial charge in [-0.1, -0.05) is 30.7 Å². The predicted molar refractivity (Wildman–Crippen MR) is 82.1 cm³/mol. The summed E-state index contributed by atoms with van der Waals surface area (Å²) in [4.78, 5) is 12.3. The van der Waals surface area contributed by atoms with E-state index in [1.165, 1.54) is 6.92 Å². The van der Waals surface area contributed by atoms with Gasteiger partial charge in [0.1, 0.15) is 5.25 Å². The Morgan fingerprint density at radius 3 is 2.64 bits per heavy atom. The molecular weight excluding hydrogens is 326 g/mol. The summed E-state index contributed by atoms with van der Waals surface area (Å²) in [6.45, 7) is 3.20. The number of hydrogen-bond donors (Lipinski definition) is 0. The fraction of sp³-hybridized carbons (Fsp3) is 0.467. The molecule has 0 spiro atoms. The van der Waals surface area contributed by atoms with Gasteiger partial charge in [0.25, 0.3) is 0 Å². The third-order valence-electron chi connectivity index (χ3n) is 3.93. The van der Waals surface area contributed by atoms with Crippen molar-refractivity contribution in [3.05, 3.63) is 34.9 Å². The number of benzene rings is 1. The number of halogens is 1. The lowest BCUT2D eigenvalue weighted by atomic mass is 10.0. The second kappa shape index (κ2) is 5.90. The van der Waals surface area contributed by atoms with Gasteiger partial charge in [0.15, 0.2) is 15.3 Å². The van der Waals surface area contributed by atoms with Gasteiger partial charge in [0.05, 0.1) is 12.7 Å². The van der Waals surface area contributed by atoms with Crippen LogP contribution in [0.15, 0.2) is 24.3 Å². The molecule has 0 saturated heterocycles. The van der Waals surface area contributed by atoms with Gasteiger partial charge in [-0.25, -0.2) is 8.42 Å². The zero-order valence-electron chi connectivity index (χ0n) is 12.2. The van der Waals surface area contributed by atoms with Crippen LogP contribution in [-0.4, -0.2) is 32.0 Å². The molecule has 0 heterocycles. The number of sulfone groups is 1. The molecular formula is C15H16ClNO4S. The summed E-state index contributed by atoms with van der Waals surface area (Å²) >= 11 is 5.94. The predicted octanol–water partition coefficient (Wildman–Crippen LogP) is 2.31. The highest BCUT2D eigenvalue weighted by molar-refractivity contribution is 7.92. The van der Waals surface area contributed by atoms with Crippen LogP contribution in [0.3, 0.4) is 0 Å². The van der Waals surface area contributed by atoms with E-state index in [0.717, 1.165) is 0 Å². The molecule has 118 valence electrons. The van der Waals surface area contributed by atoms with Crippen LogP contribution in [0.2, 0.25) is 5.02 Å². The smallest absolute Gasteiger partial charge is 0.328 e. The first-order valence-corrected chi connectivity index (χ1v) is 9.00. The summed E-state index contributed by atoms with van der Waals surface area (Å²) in [5.41, 5.74) is -1.13. The zero-order chi connectivity index (χ0) is 16.5. The van der Waals surface area contributed by atoms with E-state index in [2.05, 4.69) is 0 Å². The molecule has 0 unspecified atom stereocenters. The van der Waals surface area contributed by atoms with Crippen LogP contribution in [0, 0.1) is 16.7 Å². The maximum atomic E-state index is 12.3. The van der Waals surface area contributed by atoms with E-state index in [9.17, 15) is 18.5 Å². The Labute approximate surface area is 134 Å². The molecule has 0 aliphatic heterocycles. The summed E-state index contributed by atoms with van der Waals surface area (Å²) in [6, 6.07) is 8.47. The van der Waals surface area contributed by atoms with Gasteiger partial charge in [0, 0.05) is 16.7 Å². The van der Waals surface area contributed by atoms with Crippen LogP contribution in [0.5, 0.6) is 0 Å². The van der Waals surface area contributed by atoms with Gasteiger partial charge in [-0.3, -0.25) is 4.79 Å². The van der Waals surface area contributed by atoms with E-state index in [1.807, 2.05) is 6.07 Å². The van der Waals surface area contributed by atoms with Crippen molar-refractivity contribution in [2.24, 2.45) is 5.41 Å². The van der Waals surface area contributed by atoms with Crippen LogP contribution < -0.4 is 0 Å². The standard InChI is InChI=1S/C15H16ClNO4S/c1-3-21-14(18)15(9-17)12(13(15)22(19,20)4-2)10-6-5-7-11(16)8-10/h5-8,12-13H,3-4H2,1-2H3/t12-,13+,15+/m1/s1. The van der Waals surface area contributed by atoms with Crippen LogP contribution in [0.1, 0.15) is 25.3 Å². The van der Waals surface area contributed by atoms with Gasteiger partial charge in [-0.2, -0.15) is 5.26 Å². The number of nitrogens with zero attached hydrogens (tertiary/aromatic N) is 1. The summed E-state index contributed by atoms with van der Waals surface area (Å²) < 4.78 is 29.6. The minimum absolute atomic E-state index is 0.0867. The Balaban J connectivity index is 2.55. The molecule has 0 amide bonds. The highest BCUT2D eigenvalue weighted by Gasteiger charge is 2.77. The Morgan fingerprint density at radius 1 is 1.45 bits per heavy atom. The normalized spacial score (nSPS) is 27.0. The quantitative estimate of drug-likeness (QED) is 0.767. The molecule has 1 aromatic carbocycles. The van der Waals surface area contributed by atoms with Crippen molar-refractivity contribution >= 4 is 27.4 Å². The minimum Gasteiger partial charge on any atom is -0.465 e. The first-order chi connectivity index (χ1) is 10.3. The largest absolute Gasteiger partial charge is 0.465 e. The first-order valence-electron chi connectivity index (χ1n) is 6.90. The molecule has 3 atom stereocenters. The number of carbonyl (C=O) groups is 1. The Bertz CT molecular complexity index is 740. The number of ether oxygens (including phenoxy) is 1. The Kier molecular flexibility index (Phi) is 4.50. The lowest BCUT2D eigenvalue weighted by Crippen LogP contribution is -2.26. The number of nitriles is 1. The number of hydrogen-bond acceptors (Lipinski definition) is 5. The molecule has 5 nitrogen and oxygen atoms in total. The molecule has 0 radical (unpaired) electrons. The molecule has 1 saturated carbocycles. The van der Waals surface area contributed by atoms with Crippen molar-refractivity contribution in [2.75, 3.05) is 12.4 Å². The third kappa shape index (κ3) is 2.49. The van der Waals surface area contributed by atoms with E-state index in [1.54, 1.807) is 31.2 Å². The summed E-state index contributed by atoms with van der Waals surface area (Å²) in [5, 5.41) is 8.87. The topological polar surface area (TPSA) is 84.2 Å². The molecule has 7 heteroatoms. The lowest BCUT2D eigenvalue weighted by Gasteiger charge is -2.08. The SMILES string of the molecule is CCOC(=O)[C@@]1(C#N)[C@H](c2cccc(Cl)c2)[C@@H]1S(=O)(=O)CC. The van der Waals surface area contributed by atoms with Crippen LogP contribution >= 0.6 is 11.6 Å². The number of carbonyl (C=O) groups excluding carboxylic acids is 1. The fourth-order valence-electron chi connectivity index (χ4n) is 2.84. The van der Waals surface area contributed by atoms with Crippen LogP contribution in [0.4, 0.5) is 0 Å². The summed E-state index contributed by atoms with van der Waals surface area (Å²) in [5.74, 6) is -1.68. The van der Waals surface area contributed by atoms with Crippen molar-refractivity contribution in [1.29, 1.82) is 5.26 Å². The van der Waals surface area contributed by atoms with Crippen LogP contribution in [0.25, 0.3) is 0 Å². The Hall–Kier alpha value is -1.58. The molecule has 1 aromatic rings. The number of rotatable bonds is 5. The maximum absolute atomic E-state index is 12.3. The third-order valence-corrected chi connectivity index (χ3v) is 6.39. The molecule has 22 heavy (non-hydrogen) atoms. The molecule has 1 aliphatic rings. The van der Waals surface area contributed by atoms with Crippen molar-refractivity contribution in [1.82, 2.24) is 0 Å². The van der Waals surface area contributed by atoms with Gasteiger partial charge in [0.2, 0.25) is 0 Å². The monoisotopic (exact) mass is 341 g/mol. The van der Waals surface area contributed by atoms with Crippen molar-refractivity contribution in [3.8, 4) is 6.07 Å². The molecule has 0 aromatic heterocycles. The average molecular weight is 342 g/mol. The van der Waals surface area contributed by atoms with Gasteiger partial charge >= 0.3 is 5.97 Å². The molecule has 1 aliphatic carbocycles. The lowest BCUT2D eigenvalue weighted by molar-refractivity contribution is -0.147. The second-order valence-corrected chi connectivity index (χ2v) is 7.95. The fourth-order valence-corrected chi connectivity index (χ4v) is 4.96. The van der Waals surface area contributed by atoms with Gasteiger partial charge in [-0.15, -0.1) is 0 Å². The van der Waals surface area contributed by atoms with E-state index in [0.29, 0.717) is 10.6 Å². The van der Waals surface area contributed by atoms with Crippen molar-refractivity contribution in [2.45, 2.75) is 25.0 Å².